The molecule has 0 radical (unpaired) electrons. The number of aryl methyl sites for hydroxylation is 2. The Morgan fingerprint density at radius 3 is 2.40 bits per heavy atom. The van der Waals surface area contributed by atoms with Crippen molar-refractivity contribution in [1.29, 1.82) is 0 Å². The second-order valence-electron chi connectivity index (χ2n) is 8.78. The summed E-state index contributed by atoms with van der Waals surface area (Å²) in [5, 5.41) is 5.70. The highest BCUT2D eigenvalue weighted by molar-refractivity contribution is 6.04. The zero-order valence-electron chi connectivity index (χ0n) is 20.1. The number of amides is 3. The van der Waals surface area contributed by atoms with Crippen LogP contribution in [-0.2, 0) is 16.0 Å². The summed E-state index contributed by atoms with van der Waals surface area (Å²) in [7, 11) is 0. The lowest BCUT2D eigenvalue weighted by molar-refractivity contribution is -0.127. The van der Waals surface area contributed by atoms with Crippen molar-refractivity contribution in [2.45, 2.75) is 58.0 Å². The number of nitrogens with one attached hydrogen (secondary N) is 2. The van der Waals surface area contributed by atoms with Crippen molar-refractivity contribution >= 4 is 23.4 Å². The maximum Gasteiger partial charge on any atom is 0.287 e. The maximum atomic E-state index is 13.6. The third kappa shape index (κ3) is 5.82. The van der Waals surface area contributed by atoms with Gasteiger partial charge in [0.15, 0.2) is 11.8 Å². The topological polar surface area (TPSA) is 105 Å². The van der Waals surface area contributed by atoms with Crippen molar-refractivity contribution in [2.75, 3.05) is 11.4 Å². The van der Waals surface area contributed by atoms with Gasteiger partial charge in [0.05, 0.1) is 12.8 Å². The number of anilines is 1. The summed E-state index contributed by atoms with van der Waals surface area (Å²) in [6.45, 7) is 3.52. The molecule has 2 heterocycles. The van der Waals surface area contributed by atoms with Gasteiger partial charge in [-0.15, -0.1) is 0 Å². The smallest absolute Gasteiger partial charge is 0.287 e. The Morgan fingerprint density at radius 1 is 1.06 bits per heavy atom. The van der Waals surface area contributed by atoms with Crippen LogP contribution in [0.2, 0.25) is 0 Å². The van der Waals surface area contributed by atoms with Crippen LogP contribution >= 0.6 is 0 Å². The van der Waals surface area contributed by atoms with Crippen molar-refractivity contribution in [3.63, 3.8) is 0 Å². The van der Waals surface area contributed by atoms with E-state index < -0.39 is 17.9 Å². The standard InChI is InChI=1S/C27H31N3O5/c1-3-19-11-13-21(14-12-19)30(24(31)17-28-26(32)23-9-6-16-34-23)25(22-15-10-18(2)35-22)27(33)29-20-7-4-5-8-20/h6,9-16,20,25H,3-5,7-8,17H2,1-2H3,(H,28,32)(H,29,33)/t25-/m0/s1. The molecular weight excluding hydrogens is 446 g/mol. The van der Waals surface area contributed by atoms with Crippen molar-refractivity contribution in [2.24, 2.45) is 0 Å². The minimum atomic E-state index is -1.02. The van der Waals surface area contributed by atoms with Crippen molar-refractivity contribution in [3.05, 3.63) is 77.6 Å². The Labute approximate surface area is 204 Å². The fraction of sp³-hybridized carbons (Fsp3) is 0.370. The number of carbonyl (C=O) groups excluding carboxylic acids is 3. The number of nitrogens with zero attached hydrogens (tertiary/aromatic N) is 1. The molecule has 184 valence electrons. The van der Waals surface area contributed by atoms with Crippen LogP contribution < -0.4 is 15.5 Å². The van der Waals surface area contributed by atoms with E-state index in [-0.39, 0.29) is 24.3 Å². The largest absolute Gasteiger partial charge is 0.464 e. The van der Waals surface area contributed by atoms with E-state index in [0.717, 1.165) is 37.7 Å². The number of hydrogen-bond acceptors (Lipinski definition) is 5. The molecule has 35 heavy (non-hydrogen) atoms. The average Bonchev–Trinajstić information content (AvgIpc) is 3.64. The summed E-state index contributed by atoms with van der Waals surface area (Å²) in [5.74, 6) is -0.160. The molecule has 2 N–H and O–H groups in total. The van der Waals surface area contributed by atoms with Gasteiger partial charge in [-0.3, -0.25) is 19.3 Å². The highest BCUT2D eigenvalue weighted by Gasteiger charge is 2.36. The normalized spacial score (nSPS) is 14.5. The minimum absolute atomic E-state index is 0.0686. The number of rotatable bonds is 9. The molecule has 2 aromatic heterocycles. The van der Waals surface area contributed by atoms with Crippen molar-refractivity contribution in [3.8, 4) is 0 Å². The SMILES string of the molecule is CCc1ccc(N(C(=O)CNC(=O)c2ccco2)[C@H](C(=O)NC2CCCC2)c2ccc(C)o2)cc1. The predicted octanol–water partition coefficient (Wildman–Crippen LogP) is 4.31. The van der Waals surface area contributed by atoms with E-state index in [0.29, 0.717) is 17.2 Å². The summed E-state index contributed by atoms with van der Waals surface area (Å²) in [4.78, 5) is 41.0. The molecule has 1 aliphatic carbocycles. The lowest BCUT2D eigenvalue weighted by atomic mass is 10.1. The Morgan fingerprint density at radius 2 is 1.80 bits per heavy atom. The molecule has 0 saturated heterocycles. The zero-order valence-corrected chi connectivity index (χ0v) is 20.1. The van der Waals surface area contributed by atoms with Gasteiger partial charge in [0.1, 0.15) is 11.5 Å². The van der Waals surface area contributed by atoms with E-state index >= 15 is 0 Å². The van der Waals surface area contributed by atoms with Gasteiger partial charge in [0.25, 0.3) is 11.8 Å². The summed E-state index contributed by atoms with van der Waals surface area (Å²) < 4.78 is 11.0. The summed E-state index contributed by atoms with van der Waals surface area (Å²) in [5.41, 5.74) is 1.65. The van der Waals surface area contributed by atoms with Gasteiger partial charge in [0.2, 0.25) is 5.91 Å². The van der Waals surface area contributed by atoms with E-state index in [1.807, 2.05) is 31.2 Å². The van der Waals surface area contributed by atoms with Crippen LogP contribution in [0.25, 0.3) is 0 Å². The number of furan rings is 2. The predicted molar refractivity (Wildman–Crippen MR) is 131 cm³/mol. The number of hydrogen-bond donors (Lipinski definition) is 2. The molecule has 1 aliphatic rings. The fourth-order valence-electron chi connectivity index (χ4n) is 4.39. The molecule has 0 bridgehead atoms. The van der Waals surface area contributed by atoms with E-state index in [1.54, 1.807) is 25.1 Å². The molecule has 1 aromatic carbocycles. The molecule has 8 nitrogen and oxygen atoms in total. The Bertz CT molecular complexity index is 1140. The van der Waals surface area contributed by atoms with Crippen LogP contribution in [0.5, 0.6) is 0 Å². The highest BCUT2D eigenvalue weighted by atomic mass is 16.3. The second-order valence-corrected chi connectivity index (χ2v) is 8.78. The zero-order chi connectivity index (χ0) is 24.8. The van der Waals surface area contributed by atoms with Gasteiger partial charge in [0, 0.05) is 11.7 Å². The molecule has 0 aliphatic heterocycles. The molecule has 1 atom stereocenters. The third-order valence-corrected chi connectivity index (χ3v) is 6.28. The van der Waals surface area contributed by atoms with Gasteiger partial charge in [-0.2, -0.15) is 0 Å². The highest BCUT2D eigenvalue weighted by Crippen LogP contribution is 2.30. The van der Waals surface area contributed by atoms with E-state index in [1.165, 1.54) is 17.2 Å². The van der Waals surface area contributed by atoms with E-state index in [4.69, 9.17) is 8.83 Å². The molecule has 0 unspecified atom stereocenters. The molecule has 3 aromatic rings. The fourth-order valence-corrected chi connectivity index (χ4v) is 4.39. The van der Waals surface area contributed by atoms with Crippen LogP contribution in [0, 0.1) is 6.92 Å². The van der Waals surface area contributed by atoms with Crippen LogP contribution in [-0.4, -0.2) is 30.3 Å². The first kappa shape index (κ1) is 24.3. The molecule has 4 rings (SSSR count). The summed E-state index contributed by atoms with van der Waals surface area (Å²) in [6, 6.07) is 13.1. The van der Waals surface area contributed by atoms with Gasteiger partial charge in [-0.25, -0.2) is 0 Å². The molecule has 3 amide bonds. The first-order valence-corrected chi connectivity index (χ1v) is 12.1. The molecule has 1 saturated carbocycles. The summed E-state index contributed by atoms with van der Waals surface area (Å²) >= 11 is 0. The van der Waals surface area contributed by atoms with Crippen molar-refractivity contribution < 1.29 is 23.2 Å². The lowest BCUT2D eigenvalue weighted by Crippen LogP contribution is -2.49. The Balaban J connectivity index is 1.66. The van der Waals surface area contributed by atoms with Gasteiger partial charge >= 0.3 is 0 Å². The minimum Gasteiger partial charge on any atom is -0.464 e. The Hall–Kier alpha value is -3.81. The van der Waals surface area contributed by atoms with Gasteiger partial charge in [-0.1, -0.05) is 31.9 Å². The second kappa shape index (κ2) is 11.1. The molecule has 8 heteroatoms. The molecule has 1 fully saturated rings. The quantitative estimate of drug-likeness (QED) is 0.478. The van der Waals surface area contributed by atoms with Gasteiger partial charge in [-0.05, 0) is 68.1 Å². The number of carbonyl (C=O) groups is 3. The van der Waals surface area contributed by atoms with Crippen molar-refractivity contribution in [1.82, 2.24) is 10.6 Å². The van der Waals surface area contributed by atoms with Crippen LogP contribution in [0.4, 0.5) is 5.69 Å². The van der Waals surface area contributed by atoms with Crippen LogP contribution in [0.15, 0.2) is 63.6 Å². The lowest BCUT2D eigenvalue weighted by Gasteiger charge is -2.31. The van der Waals surface area contributed by atoms with Crippen LogP contribution in [0.1, 0.15) is 66.3 Å². The maximum absolute atomic E-state index is 13.6. The van der Waals surface area contributed by atoms with Gasteiger partial charge < -0.3 is 19.5 Å². The monoisotopic (exact) mass is 477 g/mol. The average molecular weight is 478 g/mol. The molecule has 0 spiro atoms. The van der Waals surface area contributed by atoms with Crippen LogP contribution in [0.3, 0.4) is 0 Å². The van der Waals surface area contributed by atoms with E-state index in [2.05, 4.69) is 10.6 Å². The first-order valence-electron chi connectivity index (χ1n) is 12.1. The summed E-state index contributed by atoms with van der Waals surface area (Å²) in [6.07, 6.45) is 6.18. The Kier molecular flexibility index (Phi) is 7.70. The number of benzene rings is 1. The third-order valence-electron chi connectivity index (χ3n) is 6.28. The first-order chi connectivity index (χ1) is 17.0. The molecular formula is C27H31N3O5. The van der Waals surface area contributed by atoms with E-state index in [9.17, 15) is 14.4 Å².